The molecule has 0 aromatic heterocycles. The van der Waals surface area contributed by atoms with E-state index in [0.29, 0.717) is 5.56 Å². The average Bonchev–Trinajstić information content (AvgIpc) is 2.65. The first kappa shape index (κ1) is 19.5. The number of amides is 1. The van der Waals surface area contributed by atoms with Crippen molar-refractivity contribution in [2.45, 2.75) is 24.4 Å². The van der Waals surface area contributed by atoms with E-state index >= 15 is 0 Å². The number of rotatable bonds is 7. The molecule has 0 fully saturated rings. The highest BCUT2D eigenvalue weighted by atomic mass is 32.2. The number of carbonyl (C=O) groups is 1. The minimum atomic E-state index is -4.25. The van der Waals surface area contributed by atoms with E-state index in [2.05, 4.69) is 0 Å². The first-order chi connectivity index (χ1) is 12.3. The average molecular weight is 379 g/mol. The zero-order valence-corrected chi connectivity index (χ0v) is 14.6. The number of nitrogens with zero attached hydrogens (tertiary/aromatic N) is 2. The van der Waals surface area contributed by atoms with Gasteiger partial charge in [-0.2, -0.15) is 4.31 Å². The maximum atomic E-state index is 13.0. The van der Waals surface area contributed by atoms with E-state index in [1.54, 1.807) is 30.3 Å². The van der Waals surface area contributed by atoms with E-state index in [1.165, 1.54) is 30.6 Å². The molecule has 26 heavy (non-hydrogen) atoms. The molecule has 0 spiro atoms. The molecule has 2 rings (SSSR count). The third-order valence-electron chi connectivity index (χ3n) is 3.74. The summed E-state index contributed by atoms with van der Waals surface area (Å²) in [4.78, 5) is 21.7. The van der Waals surface area contributed by atoms with Gasteiger partial charge in [0.25, 0.3) is 11.6 Å². The topological polar surface area (TPSA) is 130 Å². The summed E-state index contributed by atoms with van der Waals surface area (Å²) in [6.07, 6.45) is 0. The molecule has 0 saturated heterocycles. The molecule has 0 saturated carbocycles. The van der Waals surface area contributed by atoms with Gasteiger partial charge in [0.2, 0.25) is 10.0 Å². The Morgan fingerprint density at radius 1 is 1.23 bits per heavy atom. The Bertz CT molecular complexity index is 901. The molecule has 0 bridgehead atoms. The standard InChI is InChI=1S/C16H17N3O6S/c1-12(16(20)17-21)18(11-13-6-3-2-4-7-13)26(24,25)15-9-5-8-14(10-15)19(22)23/h2-10,12,21H,11H2,1H3,(H,17,20)/t12-/m0/s1. The number of nitro benzene ring substituents is 1. The second-order valence-corrected chi connectivity index (χ2v) is 7.33. The number of hydrogen-bond acceptors (Lipinski definition) is 6. The second-order valence-electron chi connectivity index (χ2n) is 5.44. The van der Waals surface area contributed by atoms with Crippen LogP contribution in [0.2, 0.25) is 0 Å². The van der Waals surface area contributed by atoms with E-state index < -0.39 is 26.9 Å². The van der Waals surface area contributed by atoms with Crippen molar-refractivity contribution in [3.8, 4) is 0 Å². The summed E-state index contributed by atoms with van der Waals surface area (Å²) < 4.78 is 26.9. The number of hydrogen-bond donors (Lipinski definition) is 2. The molecular formula is C16H17N3O6S. The number of non-ortho nitro benzene ring substituents is 1. The largest absolute Gasteiger partial charge is 0.289 e. The van der Waals surface area contributed by atoms with Gasteiger partial charge >= 0.3 is 0 Å². The summed E-state index contributed by atoms with van der Waals surface area (Å²) in [6.45, 7) is 1.16. The monoisotopic (exact) mass is 379 g/mol. The first-order valence-corrected chi connectivity index (χ1v) is 8.95. The van der Waals surface area contributed by atoms with Crippen molar-refractivity contribution >= 4 is 21.6 Å². The molecule has 10 heteroatoms. The van der Waals surface area contributed by atoms with E-state index in [9.17, 15) is 23.3 Å². The minimum Gasteiger partial charge on any atom is -0.289 e. The molecule has 1 amide bonds. The zero-order chi connectivity index (χ0) is 19.3. The molecule has 2 aromatic carbocycles. The van der Waals surface area contributed by atoms with Gasteiger partial charge in [-0.15, -0.1) is 0 Å². The molecule has 0 heterocycles. The Morgan fingerprint density at radius 3 is 2.46 bits per heavy atom. The van der Waals surface area contributed by atoms with Crippen LogP contribution in [0.5, 0.6) is 0 Å². The number of hydroxylamine groups is 1. The van der Waals surface area contributed by atoms with Crippen molar-refractivity contribution in [1.82, 2.24) is 9.79 Å². The Balaban J connectivity index is 2.50. The maximum absolute atomic E-state index is 13.0. The van der Waals surface area contributed by atoms with Crippen molar-refractivity contribution < 1.29 is 23.3 Å². The van der Waals surface area contributed by atoms with Crippen LogP contribution in [0.1, 0.15) is 12.5 Å². The normalized spacial score (nSPS) is 12.6. The van der Waals surface area contributed by atoms with Gasteiger partial charge < -0.3 is 0 Å². The lowest BCUT2D eigenvalue weighted by Crippen LogP contribution is -2.46. The fourth-order valence-corrected chi connectivity index (χ4v) is 3.93. The lowest BCUT2D eigenvalue weighted by molar-refractivity contribution is -0.385. The number of nitrogens with one attached hydrogen (secondary N) is 1. The number of sulfonamides is 1. The first-order valence-electron chi connectivity index (χ1n) is 7.51. The van der Waals surface area contributed by atoms with Crippen LogP contribution in [0.4, 0.5) is 5.69 Å². The SMILES string of the molecule is C[C@@H](C(=O)NO)N(Cc1ccccc1)S(=O)(=O)c1cccc([N+](=O)[O-])c1. The van der Waals surface area contributed by atoms with Gasteiger partial charge in [-0.05, 0) is 18.6 Å². The summed E-state index contributed by atoms with van der Waals surface area (Å²) >= 11 is 0. The van der Waals surface area contributed by atoms with Gasteiger partial charge in [0.1, 0.15) is 6.04 Å². The minimum absolute atomic E-state index is 0.152. The zero-order valence-electron chi connectivity index (χ0n) is 13.8. The van der Waals surface area contributed by atoms with Crippen molar-refractivity contribution in [1.29, 1.82) is 0 Å². The van der Waals surface area contributed by atoms with Crippen molar-refractivity contribution in [2.75, 3.05) is 0 Å². The van der Waals surface area contributed by atoms with Crippen LogP contribution in [-0.4, -0.2) is 34.8 Å². The molecule has 9 nitrogen and oxygen atoms in total. The van der Waals surface area contributed by atoms with Crippen LogP contribution >= 0.6 is 0 Å². The van der Waals surface area contributed by atoms with Crippen molar-refractivity contribution in [3.63, 3.8) is 0 Å². The second kappa shape index (κ2) is 8.04. The maximum Gasteiger partial charge on any atom is 0.270 e. The van der Waals surface area contributed by atoms with E-state index in [4.69, 9.17) is 5.21 Å². The van der Waals surface area contributed by atoms with E-state index in [0.717, 1.165) is 10.4 Å². The Hall–Kier alpha value is -2.82. The Kier molecular flexibility index (Phi) is 6.03. The number of nitro groups is 1. The fourth-order valence-electron chi connectivity index (χ4n) is 2.31. The molecule has 2 N–H and O–H groups in total. The van der Waals surface area contributed by atoms with Crippen molar-refractivity contribution in [3.05, 3.63) is 70.3 Å². The Morgan fingerprint density at radius 2 is 1.88 bits per heavy atom. The Labute approximate surface area is 150 Å². The van der Waals surface area contributed by atoms with Gasteiger partial charge in [-0.1, -0.05) is 36.4 Å². The van der Waals surface area contributed by atoms with E-state index in [-0.39, 0.29) is 17.1 Å². The van der Waals surface area contributed by atoms with Crippen molar-refractivity contribution in [2.24, 2.45) is 0 Å². The summed E-state index contributed by atoms with van der Waals surface area (Å²) in [5, 5.41) is 19.8. The van der Waals surface area contributed by atoms with Gasteiger partial charge in [-0.25, -0.2) is 13.9 Å². The molecule has 138 valence electrons. The van der Waals surface area contributed by atoms with Gasteiger partial charge in [0.15, 0.2) is 0 Å². The molecule has 0 unspecified atom stereocenters. The van der Waals surface area contributed by atoms with Gasteiger partial charge in [0.05, 0.1) is 9.82 Å². The van der Waals surface area contributed by atoms with E-state index in [1.807, 2.05) is 0 Å². The van der Waals surface area contributed by atoms with Crippen LogP contribution in [0.15, 0.2) is 59.5 Å². The lowest BCUT2D eigenvalue weighted by atomic mass is 10.2. The molecule has 0 radical (unpaired) electrons. The molecule has 2 aromatic rings. The van der Waals surface area contributed by atoms with Crippen LogP contribution in [0, 0.1) is 10.1 Å². The third-order valence-corrected chi connectivity index (χ3v) is 5.65. The van der Waals surface area contributed by atoms with Gasteiger partial charge in [0, 0.05) is 18.7 Å². The highest BCUT2D eigenvalue weighted by Gasteiger charge is 2.33. The van der Waals surface area contributed by atoms with Crippen LogP contribution in [0.25, 0.3) is 0 Å². The third kappa shape index (κ3) is 4.23. The smallest absolute Gasteiger partial charge is 0.270 e. The number of carbonyl (C=O) groups excluding carboxylic acids is 1. The highest BCUT2D eigenvalue weighted by Crippen LogP contribution is 2.24. The van der Waals surface area contributed by atoms with Crippen LogP contribution in [0.3, 0.4) is 0 Å². The summed E-state index contributed by atoms with van der Waals surface area (Å²) in [6, 6.07) is 11.9. The quantitative estimate of drug-likeness (QED) is 0.428. The summed E-state index contributed by atoms with van der Waals surface area (Å²) in [5.74, 6) is -0.921. The summed E-state index contributed by atoms with van der Waals surface area (Å²) in [7, 11) is -4.25. The predicted molar refractivity (Wildman–Crippen MR) is 91.7 cm³/mol. The number of benzene rings is 2. The molecule has 0 aliphatic heterocycles. The summed E-state index contributed by atoms with van der Waals surface area (Å²) in [5.41, 5.74) is 1.66. The highest BCUT2D eigenvalue weighted by molar-refractivity contribution is 7.89. The molecule has 0 aliphatic rings. The van der Waals surface area contributed by atoms with Gasteiger partial charge in [-0.3, -0.25) is 20.1 Å². The molecule has 1 atom stereocenters. The lowest BCUT2D eigenvalue weighted by Gasteiger charge is -2.27. The molecular weight excluding hydrogens is 362 g/mol. The predicted octanol–water partition coefficient (Wildman–Crippen LogP) is 1.68. The fraction of sp³-hybridized carbons (Fsp3) is 0.188. The van der Waals surface area contributed by atoms with Crippen LogP contribution in [-0.2, 0) is 21.4 Å². The van der Waals surface area contributed by atoms with Crippen LogP contribution < -0.4 is 5.48 Å². The molecule has 0 aliphatic carbocycles.